The summed E-state index contributed by atoms with van der Waals surface area (Å²) in [6.07, 6.45) is 16.1. The number of nitrogens with two attached hydrogens (primary N) is 1. The predicted molar refractivity (Wildman–Crippen MR) is 198 cm³/mol. The third kappa shape index (κ3) is 8.21. The van der Waals surface area contributed by atoms with Gasteiger partial charge in [0.25, 0.3) is 0 Å². The molecule has 1 amide bonds. The Labute approximate surface area is 292 Å². The molecule has 0 aromatic heterocycles. The predicted octanol–water partition coefficient (Wildman–Crippen LogP) is 6.63. The number of rotatable bonds is 2. The number of amides is 1. The lowest BCUT2D eigenvalue weighted by Crippen LogP contribution is -2.57. The fraction of sp³-hybridized carbons (Fsp3) is 0.575. The van der Waals surface area contributed by atoms with E-state index in [1.165, 1.54) is 27.8 Å². The van der Waals surface area contributed by atoms with Crippen molar-refractivity contribution in [3.05, 3.63) is 70.5 Å². The van der Waals surface area contributed by atoms with Crippen LogP contribution >= 0.6 is 0 Å². The molecule has 3 heterocycles. The van der Waals surface area contributed by atoms with Gasteiger partial charge >= 0.3 is 0 Å². The maximum atomic E-state index is 13.6. The van der Waals surface area contributed by atoms with Crippen LogP contribution in [-0.2, 0) is 14.3 Å². The Kier molecular flexibility index (Phi) is 10.8. The van der Waals surface area contributed by atoms with E-state index in [-0.39, 0.29) is 48.1 Å². The van der Waals surface area contributed by atoms with E-state index in [1.807, 2.05) is 25.8 Å². The number of nitrogens with one attached hydrogen (secondary N) is 3. The molecule has 5 N–H and O–H groups in total. The van der Waals surface area contributed by atoms with Gasteiger partial charge in [-0.1, -0.05) is 81.8 Å². The molecule has 264 valence electrons. The molecule has 9 heteroatoms. The SMILES string of the molecule is C=C1[C@H](C)N=C(N)[C@H](C(C)C)OC(=N)C2OC2CCC(CC)CC/C=C\c2ccc3c(c2)C2CC2=C(C=C3)[C@@H](C)NC(=O)[C@@H]2CCCN1N2. The minimum absolute atomic E-state index is 0.0116. The highest BCUT2D eigenvalue weighted by Gasteiger charge is 2.45. The molecule has 1 aromatic carbocycles. The average molecular weight is 669 g/mol. The molecular formula is C40H56N6O3. The van der Waals surface area contributed by atoms with Gasteiger partial charge in [0.05, 0.1) is 18.2 Å². The Bertz CT molecular complexity index is 1560. The first-order valence-corrected chi connectivity index (χ1v) is 18.5. The molecule has 8 atom stereocenters. The minimum atomic E-state index is -0.546. The number of hydrazine groups is 1. The standard InChI is InChI=1S/C40H56N6O3/c1-7-27-11-8-9-12-28-14-16-29-17-18-30(32-22-33(32)31(29)21-28)25(5)44-40(47)34-13-10-20-46(45-34)26(6)24(4)43-38(41)36(23(2)3)49-39(42)37-35(48-37)19-15-27/h9,12,14,16-18,21,23-25,27,33-37,42,45H,6-8,10-11,13,15,19-20,22H2,1-5H3,(H2,41,43)(H,44,47)/b12-9-,42-39?/t24-,25+,27?,33?,34-,35?,36-,37?/m0/s1. The van der Waals surface area contributed by atoms with Crippen LogP contribution in [0.2, 0.25) is 0 Å². The van der Waals surface area contributed by atoms with Crippen LogP contribution < -0.4 is 16.5 Å². The Morgan fingerprint density at radius 1 is 1.14 bits per heavy atom. The van der Waals surface area contributed by atoms with Gasteiger partial charge in [-0.15, -0.1) is 0 Å². The Morgan fingerprint density at radius 2 is 1.96 bits per heavy atom. The van der Waals surface area contributed by atoms with E-state index < -0.39 is 6.10 Å². The second kappa shape index (κ2) is 15.1. The van der Waals surface area contributed by atoms with Crippen LogP contribution in [-0.4, -0.2) is 65.6 Å². The van der Waals surface area contributed by atoms with Crippen LogP contribution in [0, 0.1) is 17.2 Å². The van der Waals surface area contributed by atoms with Crippen molar-refractivity contribution in [2.75, 3.05) is 6.54 Å². The normalized spacial score (nSPS) is 33.5. The lowest BCUT2D eigenvalue weighted by Gasteiger charge is -2.37. The van der Waals surface area contributed by atoms with Crippen LogP contribution in [0.25, 0.3) is 12.2 Å². The van der Waals surface area contributed by atoms with E-state index in [1.54, 1.807) is 0 Å². The van der Waals surface area contributed by atoms with Crippen LogP contribution in [0.3, 0.4) is 0 Å². The molecule has 6 rings (SSSR count). The van der Waals surface area contributed by atoms with Crippen molar-refractivity contribution >= 4 is 29.8 Å². The Morgan fingerprint density at radius 3 is 2.73 bits per heavy atom. The molecule has 0 spiro atoms. The molecule has 3 aliphatic heterocycles. The maximum absolute atomic E-state index is 13.6. The summed E-state index contributed by atoms with van der Waals surface area (Å²) in [5.41, 5.74) is 17.2. The molecule has 5 bridgehead atoms. The van der Waals surface area contributed by atoms with Gasteiger partial charge in [-0.3, -0.25) is 15.2 Å². The summed E-state index contributed by atoms with van der Waals surface area (Å²) in [5, 5.41) is 13.9. The minimum Gasteiger partial charge on any atom is -0.467 e. The summed E-state index contributed by atoms with van der Waals surface area (Å²) >= 11 is 0. The quantitative estimate of drug-likeness (QED) is 0.262. The Hall–Kier alpha value is -3.69. The summed E-state index contributed by atoms with van der Waals surface area (Å²) in [6.45, 7) is 15.4. The van der Waals surface area contributed by atoms with Crippen molar-refractivity contribution in [3.8, 4) is 0 Å². The number of aliphatic imine (C=N–C) groups is 1. The van der Waals surface area contributed by atoms with E-state index in [0.717, 1.165) is 63.6 Å². The van der Waals surface area contributed by atoms with Crippen LogP contribution in [0.5, 0.6) is 0 Å². The lowest BCUT2D eigenvalue weighted by molar-refractivity contribution is -0.125. The monoisotopic (exact) mass is 668 g/mol. The molecular weight excluding hydrogens is 612 g/mol. The number of hydrogen-bond acceptors (Lipinski definition) is 8. The summed E-state index contributed by atoms with van der Waals surface area (Å²) in [5.74, 6) is 1.48. The van der Waals surface area contributed by atoms with Gasteiger partial charge in [-0.25, -0.2) is 5.43 Å². The van der Waals surface area contributed by atoms with Gasteiger partial charge < -0.3 is 25.5 Å². The molecule has 1 saturated carbocycles. The molecule has 4 unspecified atom stereocenters. The van der Waals surface area contributed by atoms with E-state index in [0.29, 0.717) is 17.7 Å². The molecule has 1 aromatic rings. The van der Waals surface area contributed by atoms with Gasteiger partial charge in [0.2, 0.25) is 11.8 Å². The third-order valence-electron chi connectivity index (χ3n) is 11.0. The number of amidine groups is 1. The van der Waals surface area contributed by atoms with E-state index in [2.05, 4.69) is 73.7 Å². The van der Waals surface area contributed by atoms with Crippen LogP contribution in [0.1, 0.15) is 109 Å². The first-order chi connectivity index (χ1) is 23.5. The average Bonchev–Trinajstić information content (AvgIpc) is 4.01. The highest BCUT2D eigenvalue weighted by Crippen LogP contribution is 2.52. The van der Waals surface area contributed by atoms with Crippen molar-refractivity contribution in [2.24, 2.45) is 22.6 Å². The second-order valence-corrected chi connectivity index (χ2v) is 15.0. The van der Waals surface area contributed by atoms with Crippen LogP contribution in [0.4, 0.5) is 0 Å². The Balaban J connectivity index is 1.21. The molecule has 49 heavy (non-hydrogen) atoms. The highest BCUT2D eigenvalue weighted by molar-refractivity contribution is 5.89. The zero-order chi connectivity index (χ0) is 34.8. The van der Waals surface area contributed by atoms with Crippen molar-refractivity contribution in [1.29, 1.82) is 5.41 Å². The molecule has 9 nitrogen and oxygen atoms in total. The number of carbonyl (C=O) groups excluding carboxylic acids is 1. The van der Waals surface area contributed by atoms with Gasteiger partial charge in [0, 0.05) is 18.2 Å². The van der Waals surface area contributed by atoms with Gasteiger partial charge in [-0.05, 0) is 92.9 Å². The van der Waals surface area contributed by atoms with Gasteiger partial charge in [0.1, 0.15) is 11.9 Å². The number of epoxide rings is 1. The molecule has 2 aliphatic carbocycles. The van der Waals surface area contributed by atoms with Crippen molar-refractivity contribution < 1.29 is 14.3 Å². The summed E-state index contributed by atoms with van der Waals surface area (Å²) in [7, 11) is 0. The summed E-state index contributed by atoms with van der Waals surface area (Å²) < 4.78 is 12.0. The topological polar surface area (TPSA) is 128 Å². The summed E-state index contributed by atoms with van der Waals surface area (Å²) in [4.78, 5) is 18.4. The van der Waals surface area contributed by atoms with Crippen molar-refractivity contribution in [3.63, 3.8) is 0 Å². The third-order valence-corrected chi connectivity index (χ3v) is 11.0. The van der Waals surface area contributed by atoms with Crippen LogP contribution in [0.15, 0.2) is 58.8 Å². The molecule has 3 fully saturated rings. The first-order valence-electron chi connectivity index (χ1n) is 18.5. The molecule has 2 saturated heterocycles. The number of fused-ring (bicyclic) bond motifs is 4. The number of allylic oxidation sites excluding steroid dienone is 2. The summed E-state index contributed by atoms with van der Waals surface area (Å²) in [6, 6.07) is 5.99. The molecule has 5 aliphatic rings. The zero-order valence-corrected chi connectivity index (χ0v) is 30.0. The maximum Gasteiger partial charge on any atom is 0.239 e. The van der Waals surface area contributed by atoms with E-state index in [4.69, 9.17) is 25.6 Å². The number of hydrogen-bond donors (Lipinski definition) is 4. The fourth-order valence-corrected chi connectivity index (χ4v) is 7.65. The zero-order valence-electron chi connectivity index (χ0n) is 30.0. The van der Waals surface area contributed by atoms with Crippen molar-refractivity contribution in [2.45, 2.75) is 128 Å². The van der Waals surface area contributed by atoms with Gasteiger partial charge in [-0.2, -0.15) is 0 Å². The highest BCUT2D eigenvalue weighted by atomic mass is 16.6. The number of ether oxygens (including phenoxy) is 2. The fourth-order valence-electron chi connectivity index (χ4n) is 7.65. The number of nitrogens with zero attached hydrogens (tertiary/aromatic N) is 2. The smallest absolute Gasteiger partial charge is 0.239 e. The lowest BCUT2D eigenvalue weighted by atomic mass is 9.93. The first kappa shape index (κ1) is 35.1. The van der Waals surface area contributed by atoms with E-state index in [9.17, 15) is 4.79 Å². The van der Waals surface area contributed by atoms with Crippen molar-refractivity contribution in [1.82, 2.24) is 15.8 Å². The number of benzene rings is 1. The van der Waals surface area contributed by atoms with E-state index >= 15 is 0 Å². The molecule has 0 radical (unpaired) electrons. The number of carbonyl (C=O) groups is 1. The van der Waals surface area contributed by atoms with Gasteiger partial charge in [0.15, 0.2) is 12.2 Å². The largest absolute Gasteiger partial charge is 0.467 e. The second-order valence-electron chi connectivity index (χ2n) is 15.0.